The second-order valence-electron chi connectivity index (χ2n) is 9.65. The Morgan fingerprint density at radius 1 is 0.500 bits per heavy atom. The smallest absolute Gasteiger partial charge is 0.209 e. The van der Waals surface area contributed by atoms with E-state index in [1.807, 2.05) is 0 Å². The Morgan fingerprint density at radius 3 is 0.778 bits per heavy atom. The second kappa shape index (κ2) is 4.62. The Hall–Kier alpha value is 0.177. The van der Waals surface area contributed by atoms with Gasteiger partial charge in [-0.3, -0.25) is 0 Å². The van der Waals surface area contributed by atoms with Gasteiger partial charge in [-0.15, -0.1) is 0 Å². The molecule has 0 bridgehead atoms. The molecular formula is C16H36OSi. The van der Waals surface area contributed by atoms with Crippen LogP contribution in [0.15, 0.2) is 0 Å². The minimum Gasteiger partial charge on any atom is -0.411 e. The van der Waals surface area contributed by atoms with Crippen molar-refractivity contribution in [2.45, 2.75) is 104 Å². The van der Waals surface area contributed by atoms with Crippen LogP contribution < -0.4 is 0 Å². The first kappa shape index (κ1) is 18.2. The summed E-state index contributed by atoms with van der Waals surface area (Å²) in [6.45, 7) is 27.8. The van der Waals surface area contributed by atoms with Gasteiger partial charge in [0.15, 0.2) is 0 Å². The summed E-state index contributed by atoms with van der Waals surface area (Å²) < 4.78 is 6.86. The molecule has 0 amide bonds. The predicted octanol–water partition coefficient (Wildman–Crippen LogP) is 6.15. The molecule has 0 radical (unpaired) electrons. The van der Waals surface area contributed by atoms with Crippen molar-refractivity contribution in [2.24, 2.45) is 0 Å². The normalized spacial score (nSPS) is 16.0. The van der Waals surface area contributed by atoms with E-state index in [-0.39, 0.29) is 20.7 Å². The van der Waals surface area contributed by atoms with E-state index in [9.17, 15) is 0 Å². The van der Waals surface area contributed by atoms with Gasteiger partial charge in [0.05, 0.1) is 0 Å². The average molecular weight is 273 g/mol. The highest BCUT2D eigenvalue weighted by Crippen LogP contribution is 2.63. The van der Waals surface area contributed by atoms with Crippen LogP contribution in [0.2, 0.25) is 15.1 Å². The number of hydrogen-bond acceptors (Lipinski definition) is 1. The molecule has 0 saturated carbocycles. The molecule has 0 spiro atoms. The maximum absolute atomic E-state index is 6.86. The number of rotatable bonds is 1. The third-order valence-corrected chi connectivity index (χ3v) is 10.9. The average Bonchev–Trinajstić information content (AvgIpc) is 1.90. The van der Waals surface area contributed by atoms with Crippen molar-refractivity contribution < 1.29 is 4.43 Å². The van der Waals surface area contributed by atoms with Gasteiger partial charge in [0.2, 0.25) is 8.32 Å². The molecule has 0 rings (SSSR count). The fourth-order valence-corrected chi connectivity index (χ4v) is 12.9. The molecule has 0 aliphatic heterocycles. The first-order valence-corrected chi connectivity index (χ1v) is 9.07. The van der Waals surface area contributed by atoms with Gasteiger partial charge in [0, 0.05) is 5.60 Å². The molecule has 0 aliphatic rings. The Morgan fingerprint density at radius 2 is 0.722 bits per heavy atom. The highest BCUT2D eigenvalue weighted by molar-refractivity contribution is 6.82. The van der Waals surface area contributed by atoms with Crippen molar-refractivity contribution in [1.29, 1.82) is 0 Å². The topological polar surface area (TPSA) is 9.23 Å². The Bertz CT molecular complexity index is 242. The van der Waals surface area contributed by atoms with E-state index < -0.39 is 8.32 Å². The lowest BCUT2D eigenvalue weighted by molar-refractivity contribution is 0.0865. The fourth-order valence-electron chi connectivity index (χ4n) is 4.29. The van der Waals surface area contributed by atoms with E-state index in [1.165, 1.54) is 0 Å². The summed E-state index contributed by atoms with van der Waals surface area (Å²) in [5.41, 5.74) is -0.0833. The summed E-state index contributed by atoms with van der Waals surface area (Å²) in [4.78, 5) is 0. The van der Waals surface area contributed by atoms with Crippen LogP contribution in [-0.4, -0.2) is 13.9 Å². The lowest BCUT2D eigenvalue weighted by atomic mass is 10.2. The molecule has 0 N–H and O–H groups in total. The van der Waals surface area contributed by atoms with E-state index in [0.717, 1.165) is 0 Å². The van der Waals surface area contributed by atoms with Gasteiger partial charge in [-0.05, 0) is 35.9 Å². The molecule has 110 valence electrons. The first-order valence-electron chi connectivity index (χ1n) is 7.16. The van der Waals surface area contributed by atoms with Crippen LogP contribution in [0.3, 0.4) is 0 Å². The van der Waals surface area contributed by atoms with E-state index in [1.54, 1.807) is 0 Å². The molecule has 2 heteroatoms. The van der Waals surface area contributed by atoms with Crippen LogP contribution in [0.25, 0.3) is 0 Å². The van der Waals surface area contributed by atoms with E-state index in [0.29, 0.717) is 0 Å². The zero-order valence-electron chi connectivity index (χ0n) is 14.9. The highest BCUT2D eigenvalue weighted by atomic mass is 28.4. The van der Waals surface area contributed by atoms with E-state index in [2.05, 4.69) is 83.1 Å². The third kappa shape index (κ3) is 3.39. The molecule has 0 aliphatic carbocycles. The van der Waals surface area contributed by atoms with Gasteiger partial charge in [0.1, 0.15) is 0 Å². The van der Waals surface area contributed by atoms with Crippen molar-refractivity contribution in [3.63, 3.8) is 0 Å². The monoisotopic (exact) mass is 272 g/mol. The third-order valence-electron chi connectivity index (χ3n) is 3.63. The second-order valence-corrected chi connectivity index (χ2v) is 15.7. The zero-order chi connectivity index (χ0) is 15.2. The van der Waals surface area contributed by atoms with Crippen LogP contribution >= 0.6 is 0 Å². The molecular weight excluding hydrogens is 236 g/mol. The molecule has 0 aromatic rings. The molecule has 0 fully saturated rings. The minimum atomic E-state index is -2.04. The molecule has 0 aromatic carbocycles. The molecule has 0 atom stereocenters. The predicted molar refractivity (Wildman–Crippen MR) is 85.7 cm³/mol. The SMILES string of the molecule is CC(C)(C)O[Si](C(C)(C)C)(C(C)(C)C)C(C)(C)C. The summed E-state index contributed by atoms with van der Waals surface area (Å²) in [6.07, 6.45) is 0. The van der Waals surface area contributed by atoms with Crippen LogP contribution in [0, 0.1) is 0 Å². The summed E-state index contributed by atoms with van der Waals surface area (Å²) in [7, 11) is -2.04. The van der Waals surface area contributed by atoms with Crippen molar-refractivity contribution in [2.75, 3.05) is 0 Å². The number of hydrogen-bond donors (Lipinski definition) is 0. The Kier molecular flexibility index (Phi) is 4.67. The molecule has 0 heterocycles. The van der Waals surface area contributed by atoms with Crippen molar-refractivity contribution in [3.8, 4) is 0 Å². The molecule has 1 nitrogen and oxygen atoms in total. The molecule has 18 heavy (non-hydrogen) atoms. The largest absolute Gasteiger partial charge is 0.411 e. The van der Waals surface area contributed by atoms with E-state index in [4.69, 9.17) is 4.43 Å². The van der Waals surface area contributed by atoms with Gasteiger partial charge >= 0.3 is 0 Å². The zero-order valence-corrected chi connectivity index (χ0v) is 15.9. The van der Waals surface area contributed by atoms with Crippen LogP contribution in [0.4, 0.5) is 0 Å². The maximum Gasteiger partial charge on any atom is 0.209 e. The maximum atomic E-state index is 6.86. The van der Waals surface area contributed by atoms with Gasteiger partial charge < -0.3 is 4.43 Å². The molecule has 0 unspecified atom stereocenters. The van der Waals surface area contributed by atoms with Crippen LogP contribution in [0.1, 0.15) is 83.1 Å². The summed E-state index contributed by atoms with van der Waals surface area (Å²) in [5.74, 6) is 0. The molecule has 0 saturated heterocycles. The van der Waals surface area contributed by atoms with E-state index >= 15 is 0 Å². The Labute approximate surface area is 117 Å². The van der Waals surface area contributed by atoms with Gasteiger partial charge in [-0.2, -0.15) is 0 Å². The summed E-state index contributed by atoms with van der Waals surface area (Å²) >= 11 is 0. The Balaban J connectivity index is 6.10. The first-order chi connectivity index (χ1) is 7.46. The van der Waals surface area contributed by atoms with Crippen LogP contribution in [-0.2, 0) is 4.43 Å². The summed E-state index contributed by atoms with van der Waals surface area (Å²) in [6, 6.07) is 0. The highest BCUT2D eigenvalue weighted by Gasteiger charge is 2.63. The molecule has 0 aromatic heterocycles. The van der Waals surface area contributed by atoms with Gasteiger partial charge in [-0.25, -0.2) is 0 Å². The summed E-state index contributed by atoms with van der Waals surface area (Å²) in [5, 5.41) is 0.615. The van der Waals surface area contributed by atoms with Crippen LogP contribution in [0.5, 0.6) is 0 Å². The van der Waals surface area contributed by atoms with Gasteiger partial charge in [0.25, 0.3) is 0 Å². The standard InChI is InChI=1S/C16H36OSi/c1-13(2,3)17-18(14(4,5)6,15(7,8)9)16(10,11)12/h1-12H3. The fraction of sp³-hybridized carbons (Fsp3) is 1.00. The van der Waals surface area contributed by atoms with Crippen molar-refractivity contribution >= 4 is 8.32 Å². The lowest BCUT2D eigenvalue weighted by Crippen LogP contribution is -2.63. The quantitative estimate of drug-likeness (QED) is 0.520. The van der Waals surface area contributed by atoms with Gasteiger partial charge in [-0.1, -0.05) is 62.3 Å². The minimum absolute atomic E-state index is 0.0833. The van der Waals surface area contributed by atoms with Crippen molar-refractivity contribution in [1.82, 2.24) is 0 Å². The lowest BCUT2D eigenvalue weighted by Gasteiger charge is -2.60. The van der Waals surface area contributed by atoms with Crippen molar-refractivity contribution in [3.05, 3.63) is 0 Å².